The molecule has 0 spiro atoms. The van der Waals surface area contributed by atoms with Gasteiger partial charge < -0.3 is 14.8 Å². The zero-order valence-electron chi connectivity index (χ0n) is 12.4. The third kappa shape index (κ3) is 3.01. The fourth-order valence-corrected chi connectivity index (χ4v) is 2.88. The van der Waals surface area contributed by atoms with E-state index in [0.29, 0.717) is 6.54 Å². The summed E-state index contributed by atoms with van der Waals surface area (Å²) in [6, 6.07) is 4.11. The molecule has 2 atom stereocenters. The number of methoxy groups -OCH3 is 1. The first-order chi connectivity index (χ1) is 10.2. The number of rotatable bonds is 4. The summed E-state index contributed by atoms with van der Waals surface area (Å²) in [6.45, 7) is 2.51. The third-order valence-corrected chi connectivity index (χ3v) is 4.23. The first-order valence-electron chi connectivity index (χ1n) is 7.28. The molecule has 3 rings (SSSR count). The highest BCUT2D eigenvalue weighted by molar-refractivity contribution is 5.73. The van der Waals surface area contributed by atoms with Crippen LogP contribution in [0.15, 0.2) is 18.3 Å². The van der Waals surface area contributed by atoms with E-state index in [1.54, 1.807) is 6.20 Å². The van der Waals surface area contributed by atoms with Gasteiger partial charge in [0.1, 0.15) is 11.9 Å². The average molecular weight is 291 g/mol. The van der Waals surface area contributed by atoms with Crippen molar-refractivity contribution in [2.45, 2.75) is 18.6 Å². The molecule has 2 fully saturated rings. The largest absolute Gasteiger partial charge is 0.486 e. The number of esters is 1. The Bertz CT molecular complexity index is 501. The Morgan fingerprint density at radius 2 is 2.24 bits per heavy atom. The molecule has 6 heteroatoms. The molecule has 0 saturated carbocycles. The Morgan fingerprint density at radius 3 is 2.81 bits per heavy atom. The van der Waals surface area contributed by atoms with E-state index in [4.69, 9.17) is 9.47 Å². The van der Waals surface area contributed by atoms with Crippen LogP contribution in [-0.2, 0) is 9.53 Å². The second kappa shape index (κ2) is 5.99. The molecular weight excluding hydrogens is 270 g/mol. The Balaban J connectivity index is 1.64. The second-order valence-corrected chi connectivity index (χ2v) is 5.73. The third-order valence-electron chi connectivity index (χ3n) is 4.23. The normalized spacial score (nSPS) is 26.4. The standard InChI is InChI=1S/C15H21N3O3/c1-18-9-10(15(19)20-2)5-14(18)13-4-3-11(8-17-13)21-12-6-16-7-12/h3-4,8,10,12,14,16H,5-7,9H2,1-2H3. The van der Waals surface area contributed by atoms with Crippen LogP contribution in [-0.4, -0.2) is 55.7 Å². The van der Waals surface area contributed by atoms with Crippen LogP contribution in [0.2, 0.25) is 0 Å². The number of carbonyl (C=O) groups is 1. The highest BCUT2D eigenvalue weighted by Gasteiger charge is 2.36. The van der Waals surface area contributed by atoms with Crippen LogP contribution in [0.3, 0.4) is 0 Å². The number of pyridine rings is 1. The van der Waals surface area contributed by atoms with Gasteiger partial charge in [0.05, 0.1) is 31.0 Å². The first-order valence-corrected chi connectivity index (χ1v) is 7.28. The Morgan fingerprint density at radius 1 is 1.43 bits per heavy atom. The van der Waals surface area contributed by atoms with E-state index in [2.05, 4.69) is 15.2 Å². The van der Waals surface area contributed by atoms with Crippen molar-refractivity contribution in [2.24, 2.45) is 5.92 Å². The van der Waals surface area contributed by atoms with Crippen LogP contribution in [0.4, 0.5) is 0 Å². The second-order valence-electron chi connectivity index (χ2n) is 5.73. The van der Waals surface area contributed by atoms with Gasteiger partial charge >= 0.3 is 5.97 Å². The van der Waals surface area contributed by atoms with E-state index >= 15 is 0 Å². The zero-order chi connectivity index (χ0) is 14.8. The summed E-state index contributed by atoms with van der Waals surface area (Å²) in [5, 5.41) is 3.17. The minimum atomic E-state index is -0.137. The van der Waals surface area contributed by atoms with Crippen molar-refractivity contribution in [3.05, 3.63) is 24.0 Å². The van der Waals surface area contributed by atoms with Crippen LogP contribution in [0.25, 0.3) is 0 Å². The number of ether oxygens (including phenoxy) is 2. The molecule has 0 aromatic carbocycles. The maximum absolute atomic E-state index is 11.7. The molecule has 3 heterocycles. The van der Waals surface area contributed by atoms with Crippen molar-refractivity contribution >= 4 is 5.97 Å². The molecule has 1 aromatic rings. The van der Waals surface area contributed by atoms with Crippen molar-refractivity contribution in [2.75, 3.05) is 33.8 Å². The summed E-state index contributed by atoms with van der Waals surface area (Å²) in [7, 11) is 3.45. The zero-order valence-corrected chi connectivity index (χ0v) is 12.4. The lowest BCUT2D eigenvalue weighted by molar-refractivity contribution is -0.144. The molecule has 2 saturated heterocycles. The quantitative estimate of drug-likeness (QED) is 0.820. The summed E-state index contributed by atoms with van der Waals surface area (Å²) >= 11 is 0. The monoisotopic (exact) mass is 291 g/mol. The van der Waals surface area contributed by atoms with Gasteiger partial charge in [0, 0.05) is 19.6 Å². The fourth-order valence-electron chi connectivity index (χ4n) is 2.88. The molecule has 0 amide bonds. The van der Waals surface area contributed by atoms with E-state index in [9.17, 15) is 4.79 Å². The van der Waals surface area contributed by atoms with Gasteiger partial charge in [-0.15, -0.1) is 0 Å². The van der Waals surface area contributed by atoms with Crippen molar-refractivity contribution in [1.82, 2.24) is 15.2 Å². The minimum Gasteiger partial charge on any atom is -0.486 e. The number of aromatic nitrogens is 1. The first kappa shape index (κ1) is 14.3. The van der Waals surface area contributed by atoms with E-state index in [1.165, 1.54) is 7.11 Å². The smallest absolute Gasteiger partial charge is 0.310 e. The molecule has 1 N–H and O–H groups in total. The summed E-state index contributed by atoms with van der Waals surface area (Å²) < 4.78 is 10.6. The number of nitrogens with one attached hydrogen (secondary N) is 1. The van der Waals surface area contributed by atoms with Crippen LogP contribution >= 0.6 is 0 Å². The van der Waals surface area contributed by atoms with Crippen molar-refractivity contribution in [3.8, 4) is 5.75 Å². The average Bonchev–Trinajstić information content (AvgIpc) is 2.85. The Hall–Kier alpha value is -1.66. The predicted octanol–water partition coefficient (Wildman–Crippen LogP) is 0.598. The number of hydrogen-bond acceptors (Lipinski definition) is 6. The molecule has 1 aromatic heterocycles. The molecular formula is C15H21N3O3. The molecule has 0 bridgehead atoms. The van der Waals surface area contributed by atoms with Crippen molar-refractivity contribution in [1.29, 1.82) is 0 Å². The van der Waals surface area contributed by atoms with E-state index in [-0.39, 0.29) is 24.0 Å². The summed E-state index contributed by atoms with van der Waals surface area (Å²) in [5.74, 6) is 0.598. The summed E-state index contributed by atoms with van der Waals surface area (Å²) in [5.41, 5.74) is 0.975. The summed E-state index contributed by atoms with van der Waals surface area (Å²) in [6.07, 6.45) is 2.78. The predicted molar refractivity (Wildman–Crippen MR) is 77.0 cm³/mol. The molecule has 6 nitrogen and oxygen atoms in total. The van der Waals surface area contributed by atoms with Gasteiger partial charge in [-0.3, -0.25) is 14.7 Å². The van der Waals surface area contributed by atoms with E-state index in [0.717, 1.165) is 31.0 Å². The molecule has 2 aliphatic rings. The summed E-state index contributed by atoms with van der Waals surface area (Å²) in [4.78, 5) is 18.3. The fraction of sp³-hybridized carbons (Fsp3) is 0.600. The van der Waals surface area contributed by atoms with Gasteiger partial charge in [0.15, 0.2) is 0 Å². The maximum atomic E-state index is 11.7. The van der Waals surface area contributed by atoms with Crippen LogP contribution in [0.5, 0.6) is 5.75 Å². The van der Waals surface area contributed by atoms with Crippen LogP contribution in [0.1, 0.15) is 18.2 Å². The number of likely N-dealkylation sites (tertiary alicyclic amines) is 1. The molecule has 0 radical (unpaired) electrons. The molecule has 2 unspecified atom stereocenters. The van der Waals surface area contributed by atoms with Gasteiger partial charge in [-0.25, -0.2) is 0 Å². The number of carbonyl (C=O) groups excluding carboxylic acids is 1. The van der Waals surface area contributed by atoms with Gasteiger partial charge in [-0.05, 0) is 25.6 Å². The van der Waals surface area contributed by atoms with Gasteiger partial charge in [0.25, 0.3) is 0 Å². The number of nitrogens with zero attached hydrogens (tertiary/aromatic N) is 2. The lowest BCUT2D eigenvalue weighted by Gasteiger charge is -2.27. The highest BCUT2D eigenvalue weighted by Crippen LogP contribution is 2.34. The minimum absolute atomic E-state index is 0.0659. The number of hydrogen-bond donors (Lipinski definition) is 1. The topological polar surface area (TPSA) is 63.7 Å². The maximum Gasteiger partial charge on any atom is 0.310 e. The lowest BCUT2D eigenvalue weighted by Crippen LogP contribution is -2.50. The SMILES string of the molecule is COC(=O)C1CC(c2ccc(OC3CNC3)cn2)N(C)C1. The van der Waals surface area contributed by atoms with Gasteiger partial charge in [-0.1, -0.05) is 0 Å². The van der Waals surface area contributed by atoms with E-state index < -0.39 is 0 Å². The van der Waals surface area contributed by atoms with Gasteiger partial charge in [0.2, 0.25) is 0 Å². The van der Waals surface area contributed by atoms with Crippen LogP contribution < -0.4 is 10.1 Å². The highest BCUT2D eigenvalue weighted by atomic mass is 16.5. The van der Waals surface area contributed by atoms with Crippen molar-refractivity contribution < 1.29 is 14.3 Å². The molecule has 114 valence electrons. The lowest BCUT2D eigenvalue weighted by atomic mass is 10.0. The molecule has 2 aliphatic heterocycles. The molecule has 21 heavy (non-hydrogen) atoms. The van der Waals surface area contributed by atoms with E-state index in [1.807, 2.05) is 19.2 Å². The van der Waals surface area contributed by atoms with Gasteiger partial charge in [-0.2, -0.15) is 0 Å². The van der Waals surface area contributed by atoms with Crippen molar-refractivity contribution in [3.63, 3.8) is 0 Å². The Kier molecular flexibility index (Phi) is 4.07. The van der Waals surface area contributed by atoms with Crippen LogP contribution in [0, 0.1) is 5.92 Å². The Labute approximate surface area is 124 Å². The molecule has 0 aliphatic carbocycles.